The van der Waals surface area contributed by atoms with Crippen LogP contribution in [-0.4, -0.2) is 24.2 Å². The minimum absolute atomic E-state index is 0.0683. The fraction of sp³-hybridized carbons (Fsp3) is 0.875. The fourth-order valence-electron chi connectivity index (χ4n) is 1.68. The maximum Gasteiger partial charge on any atom is 0.302 e. The third-order valence-electron chi connectivity index (χ3n) is 2.07. The monoisotopic (exact) mass is 172 g/mol. The molecule has 70 valence electrons. The normalized spacial score (nSPS) is 36.1. The van der Waals surface area contributed by atoms with Crippen LogP contribution < -0.4 is 11.5 Å². The van der Waals surface area contributed by atoms with Gasteiger partial charge in [-0.2, -0.15) is 0 Å². The lowest BCUT2D eigenvalue weighted by atomic mass is 9.90. The molecule has 0 radical (unpaired) electrons. The van der Waals surface area contributed by atoms with E-state index in [1.54, 1.807) is 0 Å². The van der Waals surface area contributed by atoms with E-state index in [1.807, 2.05) is 0 Å². The average molecular weight is 172 g/mol. The summed E-state index contributed by atoms with van der Waals surface area (Å²) in [6, 6.07) is 0.163. The lowest BCUT2D eigenvalue weighted by Crippen LogP contribution is -2.43. The van der Waals surface area contributed by atoms with E-state index in [2.05, 4.69) is 0 Å². The van der Waals surface area contributed by atoms with Crippen LogP contribution in [0.25, 0.3) is 0 Å². The molecule has 0 aromatic heterocycles. The highest BCUT2D eigenvalue weighted by Crippen LogP contribution is 2.19. The van der Waals surface area contributed by atoms with Crippen LogP contribution in [0.2, 0.25) is 0 Å². The van der Waals surface area contributed by atoms with E-state index in [1.165, 1.54) is 6.92 Å². The van der Waals surface area contributed by atoms with Crippen LogP contribution in [0, 0.1) is 0 Å². The molecule has 0 heterocycles. The summed E-state index contributed by atoms with van der Waals surface area (Å²) in [5.74, 6) is -0.249. The maximum atomic E-state index is 10.6. The molecule has 1 aliphatic rings. The topological polar surface area (TPSA) is 78.3 Å². The SMILES string of the molecule is CC(=O)OC1CC(N)CC(N)C1. The number of carbonyl (C=O) groups excluding carboxylic acids is 1. The van der Waals surface area contributed by atoms with E-state index >= 15 is 0 Å². The molecule has 1 aliphatic carbocycles. The third kappa shape index (κ3) is 2.79. The van der Waals surface area contributed by atoms with Gasteiger partial charge in [0.25, 0.3) is 0 Å². The molecule has 2 atom stereocenters. The van der Waals surface area contributed by atoms with Crippen molar-refractivity contribution in [3.05, 3.63) is 0 Å². The summed E-state index contributed by atoms with van der Waals surface area (Å²) in [5, 5.41) is 0. The second kappa shape index (κ2) is 3.87. The number of hydrogen-bond donors (Lipinski definition) is 2. The Morgan fingerprint density at radius 1 is 1.25 bits per heavy atom. The largest absolute Gasteiger partial charge is 0.462 e. The van der Waals surface area contributed by atoms with Gasteiger partial charge in [0.15, 0.2) is 0 Å². The van der Waals surface area contributed by atoms with Crippen molar-refractivity contribution in [2.24, 2.45) is 11.5 Å². The Morgan fingerprint density at radius 3 is 2.17 bits per heavy atom. The molecule has 0 bridgehead atoms. The highest BCUT2D eigenvalue weighted by Gasteiger charge is 2.26. The van der Waals surface area contributed by atoms with Gasteiger partial charge in [0, 0.05) is 19.0 Å². The van der Waals surface area contributed by atoms with Crippen LogP contribution in [0.3, 0.4) is 0 Å². The zero-order valence-corrected chi connectivity index (χ0v) is 7.32. The van der Waals surface area contributed by atoms with Crippen molar-refractivity contribution in [3.8, 4) is 0 Å². The first-order valence-electron chi connectivity index (χ1n) is 4.26. The number of carbonyl (C=O) groups is 1. The Bertz CT molecular complexity index is 162. The van der Waals surface area contributed by atoms with Gasteiger partial charge in [0.05, 0.1) is 0 Å². The molecule has 4 nitrogen and oxygen atoms in total. The van der Waals surface area contributed by atoms with Gasteiger partial charge in [0.1, 0.15) is 6.10 Å². The number of ether oxygens (including phenoxy) is 1. The van der Waals surface area contributed by atoms with E-state index in [9.17, 15) is 4.79 Å². The quantitative estimate of drug-likeness (QED) is 0.535. The van der Waals surface area contributed by atoms with Crippen LogP contribution in [0.5, 0.6) is 0 Å². The van der Waals surface area contributed by atoms with Gasteiger partial charge in [-0.05, 0) is 19.3 Å². The van der Waals surface area contributed by atoms with Crippen LogP contribution >= 0.6 is 0 Å². The van der Waals surface area contributed by atoms with E-state index in [0.717, 1.165) is 19.3 Å². The Balaban J connectivity index is 2.38. The molecule has 0 aromatic rings. The molecule has 12 heavy (non-hydrogen) atoms. The molecule has 4 heteroatoms. The predicted molar refractivity (Wildman–Crippen MR) is 45.4 cm³/mol. The van der Waals surface area contributed by atoms with Gasteiger partial charge in [-0.3, -0.25) is 4.79 Å². The summed E-state index contributed by atoms with van der Waals surface area (Å²) in [6.07, 6.45) is 2.25. The lowest BCUT2D eigenvalue weighted by Gasteiger charge is -2.30. The maximum absolute atomic E-state index is 10.6. The molecule has 0 spiro atoms. The second-order valence-corrected chi connectivity index (χ2v) is 3.46. The van der Waals surface area contributed by atoms with Crippen LogP contribution in [0.15, 0.2) is 0 Å². The van der Waals surface area contributed by atoms with E-state index in [-0.39, 0.29) is 24.2 Å². The standard InChI is InChI=1S/C8H16N2O2/c1-5(11)12-8-3-6(9)2-7(10)4-8/h6-8H,2-4,9-10H2,1H3. The van der Waals surface area contributed by atoms with E-state index < -0.39 is 0 Å². The van der Waals surface area contributed by atoms with Crippen molar-refractivity contribution in [1.29, 1.82) is 0 Å². The Labute approximate surface area is 72.2 Å². The van der Waals surface area contributed by atoms with E-state index in [0.29, 0.717) is 0 Å². The summed E-state index contributed by atoms with van der Waals surface area (Å²) in [5.41, 5.74) is 11.4. The van der Waals surface area contributed by atoms with Gasteiger partial charge in [-0.25, -0.2) is 0 Å². The molecule has 2 unspecified atom stereocenters. The van der Waals surface area contributed by atoms with Gasteiger partial charge in [-0.1, -0.05) is 0 Å². The molecule has 0 aliphatic heterocycles. The first-order valence-corrected chi connectivity index (χ1v) is 4.26. The molecule has 0 saturated heterocycles. The minimum atomic E-state index is -0.249. The molecule has 1 saturated carbocycles. The highest BCUT2D eigenvalue weighted by atomic mass is 16.5. The molecule has 1 fully saturated rings. The first kappa shape index (κ1) is 9.48. The van der Waals surface area contributed by atoms with Gasteiger partial charge in [-0.15, -0.1) is 0 Å². The minimum Gasteiger partial charge on any atom is -0.462 e. The van der Waals surface area contributed by atoms with Gasteiger partial charge in [0.2, 0.25) is 0 Å². The average Bonchev–Trinajstić information content (AvgIpc) is 1.81. The van der Waals surface area contributed by atoms with Crippen molar-refractivity contribution in [2.75, 3.05) is 0 Å². The zero-order valence-electron chi connectivity index (χ0n) is 7.32. The summed E-state index contributed by atoms with van der Waals surface area (Å²) in [4.78, 5) is 10.6. The number of hydrogen-bond acceptors (Lipinski definition) is 4. The summed E-state index contributed by atoms with van der Waals surface area (Å²) in [7, 11) is 0. The summed E-state index contributed by atoms with van der Waals surface area (Å²) in [6.45, 7) is 1.41. The molecule has 4 N–H and O–H groups in total. The van der Waals surface area contributed by atoms with Crippen LogP contribution in [0.1, 0.15) is 26.2 Å². The lowest BCUT2D eigenvalue weighted by molar-refractivity contribution is -0.148. The number of esters is 1. The third-order valence-corrected chi connectivity index (χ3v) is 2.07. The van der Waals surface area contributed by atoms with Crippen molar-refractivity contribution in [3.63, 3.8) is 0 Å². The molecule has 0 aromatic carbocycles. The Morgan fingerprint density at radius 2 is 1.75 bits per heavy atom. The smallest absolute Gasteiger partial charge is 0.302 e. The Hall–Kier alpha value is -0.610. The molecular formula is C8H16N2O2. The molecule has 0 amide bonds. The Kier molecular flexibility index (Phi) is 3.05. The highest BCUT2D eigenvalue weighted by molar-refractivity contribution is 5.66. The number of rotatable bonds is 1. The van der Waals surface area contributed by atoms with Crippen LogP contribution in [0.4, 0.5) is 0 Å². The van der Waals surface area contributed by atoms with Crippen LogP contribution in [-0.2, 0) is 9.53 Å². The summed E-state index contributed by atoms with van der Waals surface area (Å²) < 4.78 is 5.03. The number of nitrogens with two attached hydrogens (primary N) is 2. The molecule has 1 rings (SSSR count). The first-order chi connectivity index (χ1) is 5.58. The molecular weight excluding hydrogens is 156 g/mol. The fourth-order valence-corrected chi connectivity index (χ4v) is 1.68. The van der Waals surface area contributed by atoms with Crippen molar-refractivity contribution >= 4 is 5.97 Å². The van der Waals surface area contributed by atoms with Crippen molar-refractivity contribution < 1.29 is 9.53 Å². The van der Waals surface area contributed by atoms with Crippen molar-refractivity contribution in [2.45, 2.75) is 44.4 Å². The van der Waals surface area contributed by atoms with Crippen molar-refractivity contribution in [1.82, 2.24) is 0 Å². The second-order valence-electron chi connectivity index (χ2n) is 3.46. The van der Waals surface area contributed by atoms with Gasteiger partial charge < -0.3 is 16.2 Å². The predicted octanol–water partition coefficient (Wildman–Crippen LogP) is -0.243. The summed E-state index contributed by atoms with van der Waals surface area (Å²) >= 11 is 0. The van der Waals surface area contributed by atoms with E-state index in [4.69, 9.17) is 16.2 Å². The van der Waals surface area contributed by atoms with Gasteiger partial charge >= 0.3 is 5.97 Å². The zero-order chi connectivity index (χ0) is 9.14.